The predicted molar refractivity (Wildman–Crippen MR) is 88.2 cm³/mol. The lowest BCUT2D eigenvalue weighted by Gasteiger charge is -2.12. The summed E-state index contributed by atoms with van der Waals surface area (Å²) in [5.41, 5.74) is 10.8. The van der Waals surface area contributed by atoms with Crippen molar-refractivity contribution in [3.63, 3.8) is 0 Å². The van der Waals surface area contributed by atoms with E-state index in [1.807, 2.05) is 0 Å². The number of pyridine rings is 1. The van der Waals surface area contributed by atoms with Crippen LogP contribution in [0.3, 0.4) is 0 Å². The van der Waals surface area contributed by atoms with Crippen molar-refractivity contribution < 1.29 is 19.8 Å². The van der Waals surface area contributed by atoms with E-state index < -0.39 is 24.5 Å². The number of amides is 1. The van der Waals surface area contributed by atoms with Gasteiger partial charge in [0, 0.05) is 22.5 Å². The molecule has 2 aromatic rings. The van der Waals surface area contributed by atoms with Gasteiger partial charge < -0.3 is 27.0 Å². The van der Waals surface area contributed by atoms with Gasteiger partial charge in [-0.1, -0.05) is 17.7 Å². The second-order valence-corrected chi connectivity index (χ2v) is 5.18. The molecule has 1 aromatic carbocycles. The molecule has 2 rings (SSSR count). The first-order valence-corrected chi connectivity index (χ1v) is 7.03. The van der Waals surface area contributed by atoms with Crippen LogP contribution in [0.2, 0.25) is 5.02 Å². The van der Waals surface area contributed by atoms with Crippen LogP contribution in [0.5, 0.6) is 0 Å². The Kier molecular flexibility index (Phi) is 5.17. The molecule has 0 saturated heterocycles. The minimum Gasteiger partial charge on any atom is -0.480 e. The number of halogens is 1. The molecule has 1 aromatic heterocycles. The number of hydrogen-bond acceptors (Lipinski definition) is 5. The molecule has 1 atom stereocenters. The Bertz CT molecular complexity index is 835. The van der Waals surface area contributed by atoms with E-state index in [0.29, 0.717) is 15.8 Å². The van der Waals surface area contributed by atoms with Crippen LogP contribution in [-0.2, 0) is 4.79 Å². The number of carboxylic acid groups (broad SMARTS) is 1. The van der Waals surface area contributed by atoms with Crippen molar-refractivity contribution in [1.82, 2.24) is 10.3 Å². The number of aliphatic hydroxyl groups is 1. The highest BCUT2D eigenvalue weighted by molar-refractivity contribution is 6.35. The molecule has 126 valence electrons. The van der Waals surface area contributed by atoms with Crippen molar-refractivity contribution in [2.24, 2.45) is 16.5 Å². The second kappa shape index (κ2) is 7.11. The molecule has 10 heteroatoms. The van der Waals surface area contributed by atoms with Crippen LogP contribution in [-0.4, -0.2) is 45.7 Å². The standard InChI is InChI=1S/C14H14ClN5O4/c15-9-4-18-11(20-14(16)17)8-3-6(1-2-7(8)9)12(22)19-10(5-21)13(23)24/h1-4,10,21H,5H2,(H,19,22)(H,23,24)(H4,16,17,18,20)/t10-/m0/s1. The Labute approximate surface area is 140 Å². The number of hydrogen-bond donors (Lipinski definition) is 5. The summed E-state index contributed by atoms with van der Waals surface area (Å²) in [6.07, 6.45) is 1.37. The Balaban J connectivity index is 2.48. The number of benzene rings is 1. The first-order chi connectivity index (χ1) is 11.3. The molecule has 24 heavy (non-hydrogen) atoms. The molecule has 0 bridgehead atoms. The van der Waals surface area contributed by atoms with Crippen molar-refractivity contribution in [2.45, 2.75) is 6.04 Å². The number of aliphatic hydroxyl groups excluding tert-OH is 1. The number of carboxylic acids is 1. The molecule has 0 aliphatic rings. The average molecular weight is 352 g/mol. The maximum absolute atomic E-state index is 12.2. The zero-order valence-electron chi connectivity index (χ0n) is 12.2. The molecule has 0 fully saturated rings. The third kappa shape index (κ3) is 3.70. The quantitative estimate of drug-likeness (QED) is 0.372. The largest absolute Gasteiger partial charge is 0.480 e. The first kappa shape index (κ1) is 17.4. The summed E-state index contributed by atoms with van der Waals surface area (Å²) >= 11 is 6.06. The average Bonchev–Trinajstić information content (AvgIpc) is 2.54. The van der Waals surface area contributed by atoms with Crippen molar-refractivity contribution in [1.29, 1.82) is 0 Å². The van der Waals surface area contributed by atoms with Gasteiger partial charge in [0.2, 0.25) is 0 Å². The van der Waals surface area contributed by atoms with Gasteiger partial charge in [-0.2, -0.15) is 4.99 Å². The van der Waals surface area contributed by atoms with E-state index in [4.69, 9.17) is 33.3 Å². The number of fused-ring (bicyclic) bond motifs is 1. The fourth-order valence-electron chi connectivity index (χ4n) is 1.97. The summed E-state index contributed by atoms with van der Waals surface area (Å²) in [7, 11) is 0. The van der Waals surface area contributed by atoms with Crippen molar-refractivity contribution in [3.05, 3.63) is 35.0 Å². The lowest BCUT2D eigenvalue weighted by Crippen LogP contribution is -2.43. The maximum Gasteiger partial charge on any atom is 0.328 e. The monoisotopic (exact) mass is 351 g/mol. The number of carbonyl (C=O) groups excluding carboxylic acids is 1. The number of nitrogens with zero attached hydrogens (tertiary/aromatic N) is 2. The molecule has 0 unspecified atom stereocenters. The summed E-state index contributed by atoms with van der Waals surface area (Å²) < 4.78 is 0. The van der Waals surface area contributed by atoms with Crippen LogP contribution in [0, 0.1) is 0 Å². The lowest BCUT2D eigenvalue weighted by molar-refractivity contribution is -0.140. The molecule has 9 nitrogen and oxygen atoms in total. The van der Waals surface area contributed by atoms with Gasteiger partial charge in [-0.25, -0.2) is 9.78 Å². The summed E-state index contributed by atoms with van der Waals surface area (Å²) in [5, 5.41) is 21.4. The maximum atomic E-state index is 12.2. The number of rotatable bonds is 5. The van der Waals surface area contributed by atoms with Gasteiger partial charge in [-0.15, -0.1) is 0 Å². The molecule has 7 N–H and O–H groups in total. The van der Waals surface area contributed by atoms with E-state index in [1.54, 1.807) is 6.07 Å². The van der Waals surface area contributed by atoms with Crippen molar-refractivity contribution in [3.8, 4) is 0 Å². The highest BCUT2D eigenvalue weighted by Gasteiger charge is 2.20. The van der Waals surface area contributed by atoms with E-state index in [0.717, 1.165) is 0 Å². The minimum atomic E-state index is -1.41. The molecule has 0 aliphatic heterocycles. The van der Waals surface area contributed by atoms with Crippen LogP contribution in [0.1, 0.15) is 10.4 Å². The fraction of sp³-hybridized carbons (Fsp3) is 0.143. The molecule has 1 amide bonds. The SMILES string of the molecule is NC(N)=Nc1ncc(Cl)c2ccc(C(=O)N[C@@H](CO)C(=O)O)cc12. The van der Waals surface area contributed by atoms with E-state index in [2.05, 4.69) is 15.3 Å². The molecule has 0 radical (unpaired) electrons. The van der Waals surface area contributed by atoms with Crippen LogP contribution < -0.4 is 16.8 Å². The Hall–Kier alpha value is -2.91. The highest BCUT2D eigenvalue weighted by atomic mass is 35.5. The summed E-state index contributed by atoms with van der Waals surface area (Å²) in [4.78, 5) is 30.9. The third-order valence-electron chi connectivity index (χ3n) is 3.10. The Morgan fingerprint density at radius 1 is 1.33 bits per heavy atom. The summed E-state index contributed by atoms with van der Waals surface area (Å²) in [6, 6.07) is 3.04. The number of aliphatic imine (C=N–C) groups is 1. The Morgan fingerprint density at radius 3 is 2.62 bits per heavy atom. The Morgan fingerprint density at radius 2 is 2.04 bits per heavy atom. The van der Waals surface area contributed by atoms with E-state index >= 15 is 0 Å². The molecule has 1 heterocycles. The molecular weight excluding hydrogens is 338 g/mol. The molecular formula is C14H14ClN5O4. The molecule has 0 aliphatic carbocycles. The first-order valence-electron chi connectivity index (χ1n) is 6.66. The van der Waals surface area contributed by atoms with Gasteiger partial charge in [0.1, 0.15) is 0 Å². The van der Waals surface area contributed by atoms with Crippen LogP contribution in [0.4, 0.5) is 5.82 Å². The summed E-state index contributed by atoms with van der Waals surface area (Å²) in [5.74, 6) is -2.08. The van der Waals surface area contributed by atoms with Gasteiger partial charge in [0.15, 0.2) is 17.8 Å². The van der Waals surface area contributed by atoms with Gasteiger partial charge in [0.05, 0.1) is 11.6 Å². The van der Waals surface area contributed by atoms with Crippen LogP contribution in [0.25, 0.3) is 10.8 Å². The fourth-order valence-corrected chi connectivity index (χ4v) is 2.19. The van der Waals surface area contributed by atoms with Gasteiger partial charge >= 0.3 is 5.97 Å². The van der Waals surface area contributed by atoms with Gasteiger partial charge in [-0.05, 0) is 12.1 Å². The third-order valence-corrected chi connectivity index (χ3v) is 3.40. The van der Waals surface area contributed by atoms with E-state index in [9.17, 15) is 9.59 Å². The van der Waals surface area contributed by atoms with Crippen molar-refractivity contribution in [2.75, 3.05) is 6.61 Å². The van der Waals surface area contributed by atoms with Gasteiger partial charge in [0.25, 0.3) is 5.91 Å². The number of aliphatic carboxylic acids is 1. The van der Waals surface area contributed by atoms with Gasteiger partial charge in [-0.3, -0.25) is 4.79 Å². The normalized spacial score (nSPS) is 11.8. The van der Waals surface area contributed by atoms with E-state index in [-0.39, 0.29) is 17.3 Å². The van der Waals surface area contributed by atoms with Crippen molar-refractivity contribution >= 4 is 46.0 Å². The van der Waals surface area contributed by atoms with Crippen LogP contribution >= 0.6 is 11.6 Å². The summed E-state index contributed by atoms with van der Waals surface area (Å²) in [6.45, 7) is -0.735. The number of aromatic nitrogens is 1. The predicted octanol–water partition coefficient (Wildman–Crippen LogP) is -0.0316. The minimum absolute atomic E-state index is 0.137. The zero-order valence-corrected chi connectivity index (χ0v) is 13.0. The highest BCUT2D eigenvalue weighted by Crippen LogP contribution is 2.30. The van der Waals surface area contributed by atoms with E-state index in [1.165, 1.54) is 18.3 Å². The zero-order chi connectivity index (χ0) is 17.9. The van der Waals surface area contributed by atoms with Crippen LogP contribution in [0.15, 0.2) is 29.4 Å². The number of carbonyl (C=O) groups is 2. The topological polar surface area (TPSA) is 164 Å². The number of guanidine groups is 1. The number of nitrogens with one attached hydrogen (secondary N) is 1. The second-order valence-electron chi connectivity index (χ2n) is 4.77. The smallest absolute Gasteiger partial charge is 0.328 e. The molecule has 0 saturated carbocycles. The lowest BCUT2D eigenvalue weighted by atomic mass is 10.1. The molecule has 0 spiro atoms. The number of nitrogens with two attached hydrogens (primary N) is 2.